The van der Waals surface area contributed by atoms with Gasteiger partial charge in [0, 0.05) is 42.5 Å². The first-order chi connectivity index (χ1) is 11.1. The van der Waals surface area contributed by atoms with Crippen molar-refractivity contribution in [3.63, 3.8) is 0 Å². The Morgan fingerprint density at radius 3 is 2.30 bits per heavy atom. The number of likely N-dealkylation sites (tertiary alicyclic amines) is 1. The maximum absolute atomic E-state index is 12.9. The standard InChI is InChI=1S/C18H21FN4/c1-12(2)22-10-17-7-16(22)11-23(17)15-5-3-13(4-6-15)18-20-8-14(19)9-21-18/h3-6,8-9,12,16-17H,7,10-11H2,1-2H3/t16-,17-/m1/s1. The second-order valence-corrected chi connectivity index (χ2v) is 6.76. The van der Waals surface area contributed by atoms with Crippen LogP contribution in [0.2, 0.25) is 0 Å². The predicted molar refractivity (Wildman–Crippen MR) is 88.8 cm³/mol. The van der Waals surface area contributed by atoms with Gasteiger partial charge in [-0.2, -0.15) is 0 Å². The highest BCUT2D eigenvalue weighted by Gasteiger charge is 2.43. The smallest absolute Gasteiger partial charge is 0.159 e. The van der Waals surface area contributed by atoms with Crippen LogP contribution in [0.1, 0.15) is 20.3 Å². The van der Waals surface area contributed by atoms with Crippen molar-refractivity contribution in [2.45, 2.75) is 38.4 Å². The van der Waals surface area contributed by atoms with Crippen LogP contribution < -0.4 is 4.90 Å². The summed E-state index contributed by atoms with van der Waals surface area (Å²) in [6, 6.07) is 10.2. The second-order valence-electron chi connectivity index (χ2n) is 6.76. The summed E-state index contributed by atoms with van der Waals surface area (Å²) in [6.45, 7) is 6.82. The van der Waals surface area contributed by atoms with Gasteiger partial charge >= 0.3 is 0 Å². The number of hydrogen-bond donors (Lipinski definition) is 0. The Morgan fingerprint density at radius 1 is 1.04 bits per heavy atom. The zero-order valence-corrected chi connectivity index (χ0v) is 13.5. The zero-order chi connectivity index (χ0) is 16.0. The molecule has 2 aliphatic rings. The molecule has 1 aromatic carbocycles. The van der Waals surface area contributed by atoms with Crippen LogP contribution >= 0.6 is 0 Å². The summed E-state index contributed by atoms with van der Waals surface area (Å²) in [5, 5.41) is 0. The number of benzene rings is 1. The number of anilines is 1. The Hall–Kier alpha value is -2.01. The number of rotatable bonds is 3. The summed E-state index contributed by atoms with van der Waals surface area (Å²) in [7, 11) is 0. The molecular formula is C18H21FN4. The molecule has 2 bridgehead atoms. The highest BCUT2D eigenvalue weighted by Crippen LogP contribution is 2.36. The minimum Gasteiger partial charge on any atom is -0.366 e. The number of halogens is 1. The second kappa shape index (κ2) is 5.57. The van der Waals surface area contributed by atoms with Crippen molar-refractivity contribution in [3.05, 3.63) is 42.5 Å². The van der Waals surface area contributed by atoms with E-state index < -0.39 is 5.82 Å². The molecule has 2 saturated heterocycles. The van der Waals surface area contributed by atoms with Gasteiger partial charge in [0.05, 0.1) is 12.4 Å². The molecule has 0 N–H and O–H groups in total. The van der Waals surface area contributed by atoms with E-state index >= 15 is 0 Å². The number of piperazine rings is 1. The molecule has 0 amide bonds. The van der Waals surface area contributed by atoms with Gasteiger partial charge in [0.1, 0.15) is 0 Å². The van der Waals surface area contributed by atoms with E-state index in [0.717, 1.165) is 18.7 Å². The fourth-order valence-electron chi connectivity index (χ4n) is 3.91. The number of hydrogen-bond acceptors (Lipinski definition) is 4. The molecule has 5 heteroatoms. The molecule has 1 aromatic heterocycles. The van der Waals surface area contributed by atoms with E-state index in [0.29, 0.717) is 23.9 Å². The molecule has 2 fully saturated rings. The number of aromatic nitrogens is 2. The lowest BCUT2D eigenvalue weighted by molar-refractivity contribution is 0.191. The average molecular weight is 312 g/mol. The van der Waals surface area contributed by atoms with Gasteiger partial charge in [-0.25, -0.2) is 14.4 Å². The van der Waals surface area contributed by atoms with E-state index in [1.165, 1.54) is 24.5 Å². The summed E-state index contributed by atoms with van der Waals surface area (Å²) >= 11 is 0. The third kappa shape index (κ3) is 2.59. The third-order valence-corrected chi connectivity index (χ3v) is 5.02. The Balaban J connectivity index is 1.51. The van der Waals surface area contributed by atoms with Gasteiger partial charge in [0.25, 0.3) is 0 Å². The summed E-state index contributed by atoms with van der Waals surface area (Å²) in [4.78, 5) is 13.2. The lowest BCUT2D eigenvalue weighted by Crippen LogP contribution is -2.48. The van der Waals surface area contributed by atoms with E-state index in [2.05, 4.69) is 45.7 Å². The van der Waals surface area contributed by atoms with Crippen molar-refractivity contribution in [1.82, 2.24) is 14.9 Å². The maximum Gasteiger partial charge on any atom is 0.159 e. The first kappa shape index (κ1) is 14.6. The molecule has 0 radical (unpaired) electrons. The molecule has 23 heavy (non-hydrogen) atoms. The molecule has 3 heterocycles. The molecule has 0 aliphatic carbocycles. The maximum atomic E-state index is 12.9. The van der Waals surface area contributed by atoms with Crippen LogP contribution in [0.15, 0.2) is 36.7 Å². The fourth-order valence-corrected chi connectivity index (χ4v) is 3.91. The van der Waals surface area contributed by atoms with Crippen LogP contribution in [-0.2, 0) is 0 Å². The summed E-state index contributed by atoms with van der Waals surface area (Å²) in [6.07, 6.45) is 3.67. The van der Waals surface area contributed by atoms with Crippen molar-refractivity contribution in [2.24, 2.45) is 0 Å². The quantitative estimate of drug-likeness (QED) is 0.872. The SMILES string of the molecule is CC(C)N1C[C@H]2C[C@@H]1CN2c1ccc(-c2ncc(F)cn2)cc1. The van der Waals surface area contributed by atoms with Crippen molar-refractivity contribution < 1.29 is 4.39 Å². The van der Waals surface area contributed by atoms with Crippen molar-refractivity contribution >= 4 is 5.69 Å². The Labute approximate surface area is 136 Å². The van der Waals surface area contributed by atoms with E-state index in [-0.39, 0.29) is 0 Å². The first-order valence-corrected chi connectivity index (χ1v) is 8.22. The number of nitrogens with zero attached hydrogens (tertiary/aromatic N) is 4. The van der Waals surface area contributed by atoms with Crippen LogP contribution in [0.4, 0.5) is 10.1 Å². The Bertz CT molecular complexity index is 683. The molecular weight excluding hydrogens is 291 g/mol. The van der Waals surface area contributed by atoms with Gasteiger partial charge in [-0.3, -0.25) is 4.90 Å². The van der Waals surface area contributed by atoms with Crippen LogP contribution in [-0.4, -0.2) is 46.1 Å². The van der Waals surface area contributed by atoms with E-state index in [1.807, 2.05) is 12.1 Å². The monoisotopic (exact) mass is 312 g/mol. The summed E-state index contributed by atoms with van der Waals surface area (Å²) in [5.41, 5.74) is 2.17. The summed E-state index contributed by atoms with van der Waals surface area (Å²) in [5.74, 6) is 0.153. The van der Waals surface area contributed by atoms with Crippen molar-refractivity contribution in [1.29, 1.82) is 0 Å². The molecule has 2 atom stereocenters. The fraction of sp³-hybridized carbons (Fsp3) is 0.444. The minimum atomic E-state index is -0.409. The predicted octanol–water partition coefficient (Wildman–Crippen LogP) is 2.95. The van der Waals surface area contributed by atoms with Gasteiger partial charge in [-0.15, -0.1) is 0 Å². The highest BCUT2D eigenvalue weighted by atomic mass is 19.1. The lowest BCUT2D eigenvalue weighted by atomic mass is 10.1. The van der Waals surface area contributed by atoms with Gasteiger partial charge in [0.2, 0.25) is 0 Å². The molecule has 4 rings (SSSR count). The van der Waals surface area contributed by atoms with E-state index in [1.54, 1.807) is 0 Å². The molecule has 2 aliphatic heterocycles. The van der Waals surface area contributed by atoms with Gasteiger partial charge in [0.15, 0.2) is 11.6 Å². The van der Waals surface area contributed by atoms with Crippen LogP contribution in [0.25, 0.3) is 11.4 Å². The zero-order valence-electron chi connectivity index (χ0n) is 13.5. The highest BCUT2D eigenvalue weighted by molar-refractivity contribution is 5.61. The molecule has 0 saturated carbocycles. The van der Waals surface area contributed by atoms with Crippen molar-refractivity contribution in [3.8, 4) is 11.4 Å². The first-order valence-electron chi connectivity index (χ1n) is 8.22. The molecule has 0 spiro atoms. The average Bonchev–Trinajstić information content (AvgIpc) is 3.16. The molecule has 0 unspecified atom stereocenters. The Kier molecular flexibility index (Phi) is 3.53. The van der Waals surface area contributed by atoms with Crippen LogP contribution in [0, 0.1) is 5.82 Å². The van der Waals surface area contributed by atoms with Gasteiger partial charge in [-0.05, 0) is 44.5 Å². The number of fused-ring (bicyclic) bond motifs is 2. The third-order valence-electron chi connectivity index (χ3n) is 5.02. The lowest BCUT2D eigenvalue weighted by Gasteiger charge is -2.37. The molecule has 2 aromatic rings. The topological polar surface area (TPSA) is 32.3 Å². The van der Waals surface area contributed by atoms with Crippen LogP contribution in [0.3, 0.4) is 0 Å². The van der Waals surface area contributed by atoms with Gasteiger partial charge in [-0.1, -0.05) is 0 Å². The van der Waals surface area contributed by atoms with E-state index in [4.69, 9.17) is 0 Å². The Morgan fingerprint density at radius 2 is 1.74 bits per heavy atom. The van der Waals surface area contributed by atoms with Gasteiger partial charge < -0.3 is 4.90 Å². The molecule has 120 valence electrons. The summed E-state index contributed by atoms with van der Waals surface area (Å²) < 4.78 is 12.9. The van der Waals surface area contributed by atoms with E-state index in [9.17, 15) is 4.39 Å². The molecule has 4 nitrogen and oxygen atoms in total. The van der Waals surface area contributed by atoms with Crippen molar-refractivity contribution in [2.75, 3.05) is 18.0 Å². The van der Waals surface area contributed by atoms with Crippen LogP contribution in [0.5, 0.6) is 0 Å². The minimum absolute atomic E-state index is 0.409. The largest absolute Gasteiger partial charge is 0.366 e. The normalized spacial score (nSPS) is 23.9.